The molecule has 2 aliphatic heterocycles. The van der Waals surface area contributed by atoms with Gasteiger partial charge in [0.05, 0.1) is 6.10 Å². The SMILES string of the molecule is Cc1ccccc1C1CC(C)N(C(=O)[C@@H]2CC[C@H](CN)O2)C1.Cl. The van der Waals surface area contributed by atoms with Crippen molar-refractivity contribution in [2.75, 3.05) is 13.1 Å². The van der Waals surface area contributed by atoms with Crippen LogP contribution in [0.15, 0.2) is 24.3 Å². The van der Waals surface area contributed by atoms with Gasteiger partial charge in [0.1, 0.15) is 6.10 Å². The number of carbonyl (C=O) groups is 1. The molecule has 2 aliphatic rings. The Morgan fingerprint density at radius 2 is 2.09 bits per heavy atom. The van der Waals surface area contributed by atoms with Gasteiger partial charge in [0.25, 0.3) is 5.91 Å². The fourth-order valence-corrected chi connectivity index (χ4v) is 3.85. The molecule has 5 heteroatoms. The number of nitrogens with zero attached hydrogens (tertiary/aromatic N) is 1. The lowest BCUT2D eigenvalue weighted by Gasteiger charge is -2.25. The molecule has 1 aromatic rings. The van der Waals surface area contributed by atoms with E-state index in [4.69, 9.17) is 10.5 Å². The minimum atomic E-state index is -0.286. The van der Waals surface area contributed by atoms with E-state index < -0.39 is 0 Å². The van der Waals surface area contributed by atoms with E-state index in [-0.39, 0.29) is 36.6 Å². The number of hydrogen-bond acceptors (Lipinski definition) is 3. The summed E-state index contributed by atoms with van der Waals surface area (Å²) in [5.41, 5.74) is 8.33. The molecule has 2 heterocycles. The van der Waals surface area contributed by atoms with Gasteiger partial charge in [-0.05, 0) is 44.2 Å². The number of ether oxygens (including phenoxy) is 1. The lowest BCUT2D eigenvalue weighted by atomic mass is 9.93. The normalized spacial score (nSPS) is 30.3. The number of nitrogens with two attached hydrogens (primary N) is 1. The Kier molecular flexibility index (Phi) is 6.06. The van der Waals surface area contributed by atoms with Gasteiger partial charge in [-0.3, -0.25) is 4.79 Å². The van der Waals surface area contributed by atoms with Crippen LogP contribution < -0.4 is 5.73 Å². The number of amides is 1. The highest BCUT2D eigenvalue weighted by Gasteiger charge is 2.39. The average Bonchev–Trinajstić information content (AvgIpc) is 3.13. The topological polar surface area (TPSA) is 55.6 Å². The summed E-state index contributed by atoms with van der Waals surface area (Å²) in [6, 6.07) is 8.77. The fourth-order valence-electron chi connectivity index (χ4n) is 3.85. The predicted molar refractivity (Wildman–Crippen MR) is 93.9 cm³/mol. The predicted octanol–water partition coefficient (Wildman–Crippen LogP) is 2.63. The maximum Gasteiger partial charge on any atom is 0.251 e. The third kappa shape index (κ3) is 3.70. The van der Waals surface area contributed by atoms with E-state index in [1.165, 1.54) is 11.1 Å². The zero-order valence-electron chi connectivity index (χ0n) is 13.9. The van der Waals surface area contributed by atoms with Crippen molar-refractivity contribution in [2.24, 2.45) is 5.73 Å². The van der Waals surface area contributed by atoms with E-state index in [2.05, 4.69) is 38.1 Å². The summed E-state index contributed by atoms with van der Waals surface area (Å²) in [5, 5.41) is 0. The minimum Gasteiger partial charge on any atom is -0.364 e. The van der Waals surface area contributed by atoms with Crippen LogP contribution in [0, 0.1) is 6.92 Å². The molecule has 128 valence electrons. The quantitative estimate of drug-likeness (QED) is 0.921. The van der Waals surface area contributed by atoms with Gasteiger partial charge in [-0.25, -0.2) is 0 Å². The number of hydrogen-bond donors (Lipinski definition) is 1. The van der Waals surface area contributed by atoms with Gasteiger partial charge in [0.2, 0.25) is 0 Å². The molecule has 0 radical (unpaired) electrons. The van der Waals surface area contributed by atoms with Gasteiger partial charge >= 0.3 is 0 Å². The Morgan fingerprint density at radius 1 is 1.35 bits per heavy atom. The number of benzene rings is 1. The second-order valence-electron chi connectivity index (χ2n) is 6.69. The number of halogens is 1. The molecule has 2 saturated heterocycles. The number of aryl methyl sites for hydroxylation is 1. The zero-order valence-corrected chi connectivity index (χ0v) is 14.7. The summed E-state index contributed by atoms with van der Waals surface area (Å²) < 4.78 is 5.78. The molecule has 0 spiro atoms. The first-order valence-corrected chi connectivity index (χ1v) is 8.31. The van der Waals surface area contributed by atoms with Crippen LogP contribution in [0.3, 0.4) is 0 Å². The van der Waals surface area contributed by atoms with Crippen LogP contribution in [0.25, 0.3) is 0 Å². The van der Waals surface area contributed by atoms with Gasteiger partial charge in [-0.2, -0.15) is 0 Å². The Bertz CT molecular complexity index is 552. The van der Waals surface area contributed by atoms with Crippen LogP contribution in [0.4, 0.5) is 0 Å². The summed E-state index contributed by atoms with van der Waals surface area (Å²) in [6.45, 7) is 5.60. The standard InChI is InChI=1S/C18H26N2O2.ClH/c1-12-5-3-4-6-16(12)14-9-13(2)20(11-14)18(21)17-8-7-15(10-19)22-17;/h3-6,13-15,17H,7-11,19H2,1-2H3;1H/t13?,14?,15-,17+;/m1./s1. The average molecular weight is 339 g/mol. The van der Waals surface area contributed by atoms with Gasteiger partial charge in [0, 0.05) is 25.0 Å². The van der Waals surface area contributed by atoms with Crippen molar-refractivity contribution in [2.45, 2.75) is 57.3 Å². The molecule has 23 heavy (non-hydrogen) atoms. The number of likely N-dealkylation sites (tertiary alicyclic amines) is 1. The van der Waals surface area contributed by atoms with E-state index in [1.807, 2.05) is 4.90 Å². The van der Waals surface area contributed by atoms with E-state index in [9.17, 15) is 4.79 Å². The van der Waals surface area contributed by atoms with Crippen molar-refractivity contribution in [1.82, 2.24) is 4.90 Å². The largest absolute Gasteiger partial charge is 0.364 e. The lowest BCUT2D eigenvalue weighted by Crippen LogP contribution is -2.41. The van der Waals surface area contributed by atoms with Crippen molar-refractivity contribution < 1.29 is 9.53 Å². The third-order valence-corrected chi connectivity index (χ3v) is 5.13. The Hall–Kier alpha value is -1.10. The molecular weight excluding hydrogens is 312 g/mol. The highest BCUT2D eigenvalue weighted by Crippen LogP contribution is 2.34. The van der Waals surface area contributed by atoms with Crippen LogP contribution in [0.2, 0.25) is 0 Å². The van der Waals surface area contributed by atoms with Crippen molar-refractivity contribution in [3.63, 3.8) is 0 Å². The number of rotatable bonds is 3. The van der Waals surface area contributed by atoms with Gasteiger partial charge in [-0.15, -0.1) is 12.4 Å². The van der Waals surface area contributed by atoms with Crippen LogP contribution in [0.1, 0.15) is 43.2 Å². The first kappa shape index (κ1) is 18.2. The molecule has 2 fully saturated rings. The molecule has 0 aromatic heterocycles. The van der Waals surface area contributed by atoms with Gasteiger partial charge in [0.15, 0.2) is 0 Å². The Balaban J connectivity index is 0.00000192. The van der Waals surface area contributed by atoms with E-state index in [0.29, 0.717) is 12.5 Å². The Morgan fingerprint density at radius 3 is 2.74 bits per heavy atom. The fraction of sp³-hybridized carbons (Fsp3) is 0.611. The summed E-state index contributed by atoms with van der Waals surface area (Å²) >= 11 is 0. The maximum atomic E-state index is 12.7. The molecule has 4 atom stereocenters. The molecule has 1 amide bonds. The third-order valence-electron chi connectivity index (χ3n) is 5.13. The zero-order chi connectivity index (χ0) is 15.7. The highest BCUT2D eigenvalue weighted by molar-refractivity contribution is 5.85. The number of carbonyl (C=O) groups excluding carboxylic acids is 1. The Labute approximate surface area is 144 Å². The smallest absolute Gasteiger partial charge is 0.251 e. The molecule has 4 nitrogen and oxygen atoms in total. The minimum absolute atomic E-state index is 0. The second-order valence-corrected chi connectivity index (χ2v) is 6.69. The molecule has 0 saturated carbocycles. The van der Waals surface area contributed by atoms with Crippen molar-refractivity contribution in [3.05, 3.63) is 35.4 Å². The summed E-state index contributed by atoms with van der Waals surface area (Å²) in [7, 11) is 0. The van der Waals surface area contributed by atoms with Crippen molar-refractivity contribution in [1.29, 1.82) is 0 Å². The van der Waals surface area contributed by atoms with Gasteiger partial charge < -0.3 is 15.4 Å². The van der Waals surface area contributed by atoms with Crippen LogP contribution in [0.5, 0.6) is 0 Å². The summed E-state index contributed by atoms with van der Waals surface area (Å²) in [4.78, 5) is 14.8. The molecule has 0 bridgehead atoms. The van der Waals surface area contributed by atoms with Crippen molar-refractivity contribution in [3.8, 4) is 0 Å². The van der Waals surface area contributed by atoms with E-state index in [0.717, 1.165) is 25.8 Å². The lowest BCUT2D eigenvalue weighted by molar-refractivity contribution is -0.143. The molecular formula is C18H27ClN2O2. The highest BCUT2D eigenvalue weighted by atomic mass is 35.5. The molecule has 3 rings (SSSR count). The molecule has 2 N–H and O–H groups in total. The summed E-state index contributed by atoms with van der Waals surface area (Å²) in [6.07, 6.45) is 2.50. The van der Waals surface area contributed by atoms with Crippen LogP contribution in [-0.4, -0.2) is 42.1 Å². The monoisotopic (exact) mass is 338 g/mol. The van der Waals surface area contributed by atoms with Gasteiger partial charge in [-0.1, -0.05) is 24.3 Å². The van der Waals surface area contributed by atoms with Crippen molar-refractivity contribution >= 4 is 18.3 Å². The molecule has 2 unspecified atom stereocenters. The summed E-state index contributed by atoms with van der Waals surface area (Å²) in [5.74, 6) is 0.589. The maximum absolute atomic E-state index is 12.7. The van der Waals surface area contributed by atoms with E-state index >= 15 is 0 Å². The first-order valence-electron chi connectivity index (χ1n) is 8.31. The second kappa shape index (κ2) is 7.65. The van der Waals surface area contributed by atoms with Crippen LogP contribution >= 0.6 is 12.4 Å². The first-order chi connectivity index (χ1) is 10.6. The van der Waals surface area contributed by atoms with Crippen LogP contribution in [-0.2, 0) is 9.53 Å². The molecule has 1 aromatic carbocycles. The van der Waals surface area contributed by atoms with E-state index in [1.54, 1.807) is 0 Å². The molecule has 0 aliphatic carbocycles.